The third-order valence-electron chi connectivity index (χ3n) is 7.05. The van der Waals surface area contributed by atoms with Gasteiger partial charge in [0.25, 0.3) is 5.91 Å². The summed E-state index contributed by atoms with van der Waals surface area (Å²) in [5.41, 5.74) is 2.97. The molecule has 2 amide bonds. The second kappa shape index (κ2) is 13.6. The number of anilines is 1. The van der Waals surface area contributed by atoms with E-state index in [4.69, 9.17) is 18.9 Å². The van der Waals surface area contributed by atoms with Gasteiger partial charge < -0.3 is 29.2 Å². The first-order valence-electron chi connectivity index (χ1n) is 13.7. The maximum absolute atomic E-state index is 14.3. The molecule has 5 aromatic rings. The van der Waals surface area contributed by atoms with Gasteiger partial charge in [-0.05, 0) is 53.6 Å². The quantitative estimate of drug-likeness (QED) is 0.224. The molecule has 44 heavy (non-hydrogen) atoms. The number of rotatable bonds is 12. The Kier molecular flexibility index (Phi) is 9.19. The van der Waals surface area contributed by atoms with Gasteiger partial charge in [0.05, 0.1) is 39.6 Å². The number of ether oxygens (including phenoxy) is 4. The van der Waals surface area contributed by atoms with Crippen LogP contribution in [0, 0.1) is 0 Å². The first-order valence-corrected chi connectivity index (χ1v) is 13.7. The van der Waals surface area contributed by atoms with Crippen molar-refractivity contribution in [1.29, 1.82) is 0 Å². The van der Waals surface area contributed by atoms with Gasteiger partial charge in [-0.25, -0.2) is 4.68 Å². The van der Waals surface area contributed by atoms with Gasteiger partial charge >= 0.3 is 0 Å². The molecule has 0 spiro atoms. The average molecular weight is 597 g/mol. The topological polar surface area (TPSA) is 130 Å². The normalized spacial score (nSPS) is 11.5. The predicted octanol–water partition coefficient (Wildman–Crippen LogP) is 4.27. The molecule has 0 bridgehead atoms. The monoisotopic (exact) mass is 596 g/mol. The predicted molar refractivity (Wildman–Crippen MR) is 163 cm³/mol. The highest BCUT2D eigenvalue weighted by Crippen LogP contribution is 2.35. The zero-order chi connectivity index (χ0) is 31.1. The summed E-state index contributed by atoms with van der Waals surface area (Å²) in [6, 6.07) is 20.0. The van der Waals surface area contributed by atoms with E-state index in [1.807, 2.05) is 30.3 Å². The first kappa shape index (κ1) is 29.8. The van der Waals surface area contributed by atoms with Crippen molar-refractivity contribution in [2.75, 3.05) is 33.8 Å². The Morgan fingerprint density at radius 3 is 2.39 bits per heavy atom. The molecule has 2 heterocycles. The molecule has 1 N–H and O–H groups in total. The standard InChI is InChI=1S/C32H32N6O6/c1-41-23-12-13-25(28(17-23)43-3)34-32(40)31(22-11-14-27(42-2)29(16-22)44-4)37(19-21-8-7-15-33-18-21)30(39)20-38-26-10-6-5-9-24(26)35-36-38/h5-18,31H,19-20H2,1-4H3,(H,34,40)/t31-/m1/s1. The SMILES string of the molecule is COc1ccc(NC(=O)[C@@H](c2ccc(OC)c(OC)c2)N(Cc2cccnc2)C(=O)Cn2nnc3ccccc32)c(OC)c1. The van der Waals surface area contributed by atoms with Gasteiger partial charge in [0.1, 0.15) is 29.6 Å². The Morgan fingerprint density at radius 1 is 0.864 bits per heavy atom. The number of methoxy groups -OCH3 is 4. The van der Waals surface area contributed by atoms with Crippen molar-refractivity contribution < 1.29 is 28.5 Å². The van der Waals surface area contributed by atoms with E-state index < -0.39 is 11.9 Å². The van der Waals surface area contributed by atoms with Crippen molar-refractivity contribution >= 4 is 28.5 Å². The van der Waals surface area contributed by atoms with E-state index in [0.717, 1.165) is 5.56 Å². The summed E-state index contributed by atoms with van der Waals surface area (Å²) >= 11 is 0. The van der Waals surface area contributed by atoms with Crippen LogP contribution in [0.25, 0.3) is 11.0 Å². The summed E-state index contributed by atoms with van der Waals surface area (Å²) < 4.78 is 23.3. The molecule has 5 rings (SSSR count). The highest BCUT2D eigenvalue weighted by Gasteiger charge is 2.33. The van der Waals surface area contributed by atoms with Gasteiger partial charge in [0, 0.05) is 25.0 Å². The number of carbonyl (C=O) groups is 2. The van der Waals surface area contributed by atoms with Crippen LogP contribution in [-0.2, 0) is 22.7 Å². The second-order valence-electron chi connectivity index (χ2n) is 9.69. The van der Waals surface area contributed by atoms with Crippen molar-refractivity contribution in [3.63, 3.8) is 0 Å². The largest absolute Gasteiger partial charge is 0.497 e. The number of pyridine rings is 1. The van der Waals surface area contributed by atoms with Crippen molar-refractivity contribution in [1.82, 2.24) is 24.9 Å². The van der Waals surface area contributed by atoms with Crippen molar-refractivity contribution in [2.24, 2.45) is 0 Å². The fourth-order valence-corrected chi connectivity index (χ4v) is 4.86. The summed E-state index contributed by atoms with van der Waals surface area (Å²) in [5, 5.41) is 11.3. The van der Waals surface area contributed by atoms with Crippen molar-refractivity contribution in [2.45, 2.75) is 19.1 Å². The molecule has 226 valence electrons. The van der Waals surface area contributed by atoms with Crippen LogP contribution >= 0.6 is 0 Å². The number of hydrogen-bond acceptors (Lipinski definition) is 9. The van der Waals surface area contributed by atoms with Gasteiger partial charge in [-0.3, -0.25) is 14.6 Å². The lowest BCUT2D eigenvalue weighted by molar-refractivity contribution is -0.140. The minimum absolute atomic E-state index is 0.0749. The molecule has 0 aliphatic heterocycles. The Balaban J connectivity index is 1.60. The Labute approximate surface area is 254 Å². The number of para-hydroxylation sites is 1. The van der Waals surface area contributed by atoms with Crippen molar-refractivity contribution in [3.05, 3.63) is 96.3 Å². The van der Waals surface area contributed by atoms with E-state index in [2.05, 4.69) is 20.6 Å². The highest BCUT2D eigenvalue weighted by atomic mass is 16.5. The third-order valence-corrected chi connectivity index (χ3v) is 7.05. The number of carbonyl (C=O) groups excluding carboxylic acids is 2. The molecule has 2 aromatic heterocycles. The van der Waals surface area contributed by atoms with Crippen LogP contribution in [0.5, 0.6) is 23.0 Å². The molecule has 0 aliphatic carbocycles. The van der Waals surface area contributed by atoms with E-state index in [0.29, 0.717) is 45.3 Å². The van der Waals surface area contributed by atoms with Crippen molar-refractivity contribution in [3.8, 4) is 23.0 Å². The minimum atomic E-state index is -1.12. The summed E-state index contributed by atoms with van der Waals surface area (Å²) in [7, 11) is 6.07. The van der Waals surface area contributed by atoms with Crippen LogP contribution in [-0.4, -0.2) is 65.1 Å². The number of aromatic nitrogens is 4. The molecule has 12 heteroatoms. The van der Waals surface area contributed by atoms with Crippen LogP contribution in [0.2, 0.25) is 0 Å². The summed E-state index contributed by atoms with van der Waals surface area (Å²) in [6.07, 6.45) is 3.30. The molecule has 1 atom stereocenters. The van der Waals surface area contributed by atoms with E-state index in [9.17, 15) is 9.59 Å². The zero-order valence-corrected chi connectivity index (χ0v) is 24.8. The van der Waals surface area contributed by atoms with E-state index >= 15 is 0 Å². The Morgan fingerprint density at radius 2 is 1.66 bits per heavy atom. The number of fused-ring (bicyclic) bond motifs is 1. The molecular weight excluding hydrogens is 564 g/mol. The van der Waals surface area contributed by atoms with Crippen LogP contribution in [0.1, 0.15) is 17.2 Å². The molecule has 0 aliphatic rings. The fraction of sp³-hybridized carbons (Fsp3) is 0.219. The van der Waals surface area contributed by atoms with Crippen LogP contribution < -0.4 is 24.3 Å². The summed E-state index contributed by atoms with van der Waals surface area (Å²) in [4.78, 5) is 34.3. The molecule has 0 saturated carbocycles. The van der Waals surface area contributed by atoms with Crippen LogP contribution in [0.3, 0.4) is 0 Å². The van der Waals surface area contributed by atoms with Crippen LogP contribution in [0.15, 0.2) is 85.2 Å². The minimum Gasteiger partial charge on any atom is -0.497 e. The fourth-order valence-electron chi connectivity index (χ4n) is 4.86. The number of benzene rings is 3. The summed E-state index contributed by atoms with van der Waals surface area (Å²) in [6.45, 7) is -0.0881. The number of nitrogens with one attached hydrogen (secondary N) is 1. The Bertz CT molecular complexity index is 1760. The molecule has 0 fully saturated rings. The van der Waals surface area contributed by atoms with Gasteiger partial charge in [-0.2, -0.15) is 0 Å². The lowest BCUT2D eigenvalue weighted by atomic mass is 10.0. The highest BCUT2D eigenvalue weighted by molar-refractivity contribution is 5.99. The maximum Gasteiger partial charge on any atom is 0.251 e. The molecule has 12 nitrogen and oxygen atoms in total. The number of amides is 2. The van der Waals surface area contributed by atoms with E-state index in [-0.39, 0.29) is 19.0 Å². The average Bonchev–Trinajstić information content (AvgIpc) is 3.47. The van der Waals surface area contributed by atoms with Gasteiger partial charge in [-0.1, -0.05) is 29.5 Å². The van der Waals surface area contributed by atoms with Crippen LogP contribution in [0.4, 0.5) is 5.69 Å². The van der Waals surface area contributed by atoms with E-state index in [1.165, 1.54) is 30.9 Å². The maximum atomic E-state index is 14.3. The Hall–Kier alpha value is -5.65. The molecule has 0 radical (unpaired) electrons. The summed E-state index contributed by atoms with van der Waals surface area (Å²) in [5.74, 6) is 0.975. The van der Waals surface area contributed by atoms with Gasteiger partial charge in [-0.15, -0.1) is 5.10 Å². The molecule has 3 aromatic carbocycles. The number of hydrogen-bond donors (Lipinski definition) is 1. The first-order chi connectivity index (χ1) is 21.4. The molecular formula is C32H32N6O6. The lowest BCUT2D eigenvalue weighted by Crippen LogP contribution is -2.42. The zero-order valence-electron chi connectivity index (χ0n) is 24.8. The molecule has 0 unspecified atom stereocenters. The smallest absolute Gasteiger partial charge is 0.251 e. The third kappa shape index (κ3) is 6.38. The number of nitrogens with zero attached hydrogens (tertiary/aromatic N) is 5. The van der Waals surface area contributed by atoms with E-state index in [1.54, 1.807) is 62.0 Å². The van der Waals surface area contributed by atoms with Gasteiger partial charge in [0.15, 0.2) is 11.5 Å². The lowest BCUT2D eigenvalue weighted by Gasteiger charge is -2.32. The second-order valence-corrected chi connectivity index (χ2v) is 9.69. The molecule has 0 saturated heterocycles. The van der Waals surface area contributed by atoms with Gasteiger partial charge in [0.2, 0.25) is 5.91 Å².